The summed E-state index contributed by atoms with van der Waals surface area (Å²) in [5.74, 6) is -0.261. The highest BCUT2D eigenvalue weighted by Crippen LogP contribution is 2.07. The van der Waals surface area contributed by atoms with Crippen molar-refractivity contribution in [3.63, 3.8) is 0 Å². The van der Waals surface area contributed by atoms with Gasteiger partial charge in [0.2, 0.25) is 5.91 Å². The van der Waals surface area contributed by atoms with Crippen LogP contribution in [0.3, 0.4) is 0 Å². The summed E-state index contributed by atoms with van der Waals surface area (Å²) in [6, 6.07) is 7.07. The van der Waals surface area contributed by atoms with E-state index in [2.05, 4.69) is 21.5 Å². The summed E-state index contributed by atoms with van der Waals surface area (Å²) in [4.78, 5) is 22.3. The van der Waals surface area contributed by atoms with Crippen molar-refractivity contribution in [3.05, 3.63) is 29.8 Å². The van der Waals surface area contributed by atoms with E-state index in [9.17, 15) is 9.59 Å². The molecule has 0 saturated heterocycles. The smallest absolute Gasteiger partial charge is 0.251 e. The maximum atomic E-state index is 11.7. The highest BCUT2D eigenvalue weighted by Gasteiger charge is 2.04. The Kier molecular flexibility index (Phi) is 5.66. The van der Waals surface area contributed by atoms with Gasteiger partial charge in [-0.2, -0.15) is 0 Å². The van der Waals surface area contributed by atoms with Gasteiger partial charge in [0, 0.05) is 38.3 Å². The molecule has 1 aromatic rings. The summed E-state index contributed by atoms with van der Waals surface area (Å²) >= 11 is 0. The van der Waals surface area contributed by atoms with E-state index >= 15 is 0 Å². The quantitative estimate of drug-likeness (QED) is 0.426. The number of carbonyl (C=O) groups excluding carboxylic acids is 2. The molecule has 1 aromatic carbocycles. The zero-order valence-electron chi connectivity index (χ0n) is 10.5. The van der Waals surface area contributed by atoms with Crippen molar-refractivity contribution < 1.29 is 9.59 Å². The summed E-state index contributed by atoms with van der Waals surface area (Å²) in [6.45, 7) is 2.28. The predicted molar refractivity (Wildman–Crippen MR) is 70.1 cm³/mol. The van der Waals surface area contributed by atoms with Gasteiger partial charge in [-0.25, -0.2) is 5.43 Å². The molecule has 6 heteroatoms. The monoisotopic (exact) mass is 250 g/mol. The fraction of sp³-hybridized carbons (Fsp3) is 0.333. The third kappa shape index (κ3) is 4.84. The first-order valence-electron chi connectivity index (χ1n) is 5.69. The van der Waals surface area contributed by atoms with Crippen LogP contribution in [0.2, 0.25) is 0 Å². The minimum Gasteiger partial charge on any atom is -0.355 e. The van der Waals surface area contributed by atoms with Gasteiger partial charge in [0.15, 0.2) is 0 Å². The standard InChI is InChI=1S/C12H18N4O2/c1-9(17)14-7-8-15-12(18)10-3-5-11(6-4-10)16-13-2/h3-6,13,16H,7-8H2,1-2H3,(H,14,17)(H,15,18). The topological polar surface area (TPSA) is 82.3 Å². The Balaban J connectivity index is 2.39. The van der Waals surface area contributed by atoms with Gasteiger partial charge in [0.05, 0.1) is 0 Å². The van der Waals surface area contributed by atoms with Crippen LogP contribution < -0.4 is 21.5 Å². The van der Waals surface area contributed by atoms with E-state index < -0.39 is 0 Å². The third-order valence-electron chi connectivity index (χ3n) is 2.20. The van der Waals surface area contributed by atoms with E-state index in [-0.39, 0.29) is 11.8 Å². The lowest BCUT2D eigenvalue weighted by atomic mass is 10.2. The van der Waals surface area contributed by atoms with Gasteiger partial charge >= 0.3 is 0 Å². The number of hydrogen-bond donors (Lipinski definition) is 4. The third-order valence-corrected chi connectivity index (χ3v) is 2.20. The van der Waals surface area contributed by atoms with Gasteiger partial charge in [0.25, 0.3) is 5.91 Å². The van der Waals surface area contributed by atoms with Crippen LogP contribution in [-0.4, -0.2) is 32.0 Å². The molecule has 0 saturated carbocycles. The Hall–Kier alpha value is -2.08. The van der Waals surface area contributed by atoms with Crippen LogP contribution in [0.4, 0.5) is 5.69 Å². The maximum Gasteiger partial charge on any atom is 0.251 e. The fourth-order valence-corrected chi connectivity index (χ4v) is 1.37. The Morgan fingerprint density at radius 2 is 1.67 bits per heavy atom. The molecule has 1 rings (SSSR count). The van der Waals surface area contributed by atoms with Crippen LogP contribution in [0, 0.1) is 0 Å². The van der Waals surface area contributed by atoms with Gasteiger partial charge < -0.3 is 16.1 Å². The maximum absolute atomic E-state index is 11.7. The van der Waals surface area contributed by atoms with Crippen LogP contribution in [0.25, 0.3) is 0 Å². The van der Waals surface area contributed by atoms with Crippen molar-refractivity contribution in [1.29, 1.82) is 0 Å². The molecule has 0 aliphatic rings. The van der Waals surface area contributed by atoms with Crippen LogP contribution in [0.15, 0.2) is 24.3 Å². The first-order valence-corrected chi connectivity index (χ1v) is 5.69. The minimum absolute atomic E-state index is 0.105. The lowest BCUT2D eigenvalue weighted by Crippen LogP contribution is -2.33. The number of hydrogen-bond acceptors (Lipinski definition) is 4. The number of carbonyl (C=O) groups is 2. The molecule has 0 bridgehead atoms. The largest absolute Gasteiger partial charge is 0.355 e. The molecular weight excluding hydrogens is 232 g/mol. The summed E-state index contributed by atoms with van der Waals surface area (Å²) in [6.07, 6.45) is 0. The number of hydrazine groups is 1. The molecule has 4 N–H and O–H groups in total. The van der Waals surface area contributed by atoms with Crippen LogP contribution in [0.5, 0.6) is 0 Å². The van der Waals surface area contributed by atoms with E-state index in [1.807, 2.05) is 0 Å². The molecule has 0 radical (unpaired) electrons. The van der Waals surface area contributed by atoms with Crippen molar-refractivity contribution in [2.75, 3.05) is 25.6 Å². The summed E-state index contributed by atoms with van der Waals surface area (Å²) in [7, 11) is 1.77. The fourth-order valence-electron chi connectivity index (χ4n) is 1.37. The highest BCUT2D eigenvalue weighted by molar-refractivity contribution is 5.94. The predicted octanol–water partition coefficient (Wildman–Crippen LogP) is 0.0988. The van der Waals surface area contributed by atoms with Crippen LogP contribution in [0.1, 0.15) is 17.3 Å². The van der Waals surface area contributed by atoms with E-state index in [1.54, 1.807) is 31.3 Å². The molecule has 0 fully saturated rings. The molecule has 0 heterocycles. The number of amides is 2. The first-order chi connectivity index (χ1) is 8.63. The van der Waals surface area contributed by atoms with Crippen molar-refractivity contribution in [3.8, 4) is 0 Å². The van der Waals surface area contributed by atoms with Gasteiger partial charge in [0.1, 0.15) is 0 Å². The molecule has 0 aliphatic heterocycles. The van der Waals surface area contributed by atoms with Crippen molar-refractivity contribution >= 4 is 17.5 Å². The summed E-state index contributed by atoms with van der Waals surface area (Å²) < 4.78 is 0. The normalized spacial score (nSPS) is 9.67. The Morgan fingerprint density at radius 1 is 1.06 bits per heavy atom. The van der Waals surface area contributed by atoms with Gasteiger partial charge in [-0.15, -0.1) is 0 Å². The lowest BCUT2D eigenvalue weighted by molar-refractivity contribution is -0.118. The van der Waals surface area contributed by atoms with Gasteiger partial charge in [-0.05, 0) is 24.3 Å². The Labute approximate surface area is 106 Å². The molecule has 2 amide bonds. The van der Waals surface area contributed by atoms with E-state index in [0.717, 1.165) is 5.69 Å². The summed E-state index contributed by atoms with van der Waals surface area (Å²) in [5, 5.41) is 5.32. The van der Waals surface area contributed by atoms with E-state index in [1.165, 1.54) is 6.92 Å². The van der Waals surface area contributed by atoms with Crippen molar-refractivity contribution in [2.45, 2.75) is 6.92 Å². The second kappa shape index (κ2) is 7.29. The highest BCUT2D eigenvalue weighted by atomic mass is 16.2. The number of benzene rings is 1. The van der Waals surface area contributed by atoms with E-state index in [0.29, 0.717) is 18.7 Å². The second-order valence-electron chi connectivity index (χ2n) is 3.69. The SMILES string of the molecule is CNNc1ccc(C(=O)NCCNC(C)=O)cc1. The zero-order valence-corrected chi connectivity index (χ0v) is 10.5. The molecule has 0 spiro atoms. The molecule has 98 valence electrons. The number of nitrogens with one attached hydrogen (secondary N) is 4. The number of rotatable bonds is 6. The van der Waals surface area contributed by atoms with E-state index in [4.69, 9.17) is 0 Å². The Bertz CT molecular complexity index is 403. The average Bonchev–Trinajstić information content (AvgIpc) is 2.35. The Morgan fingerprint density at radius 3 is 2.22 bits per heavy atom. The van der Waals surface area contributed by atoms with Gasteiger partial charge in [-0.3, -0.25) is 9.59 Å². The molecule has 6 nitrogen and oxygen atoms in total. The molecule has 0 aliphatic carbocycles. The second-order valence-corrected chi connectivity index (χ2v) is 3.69. The molecule has 0 aromatic heterocycles. The summed E-state index contributed by atoms with van der Waals surface area (Å²) in [5.41, 5.74) is 7.17. The molecule has 18 heavy (non-hydrogen) atoms. The van der Waals surface area contributed by atoms with Crippen molar-refractivity contribution in [1.82, 2.24) is 16.1 Å². The van der Waals surface area contributed by atoms with Crippen LogP contribution in [-0.2, 0) is 4.79 Å². The lowest BCUT2D eigenvalue weighted by Gasteiger charge is -2.07. The molecule has 0 unspecified atom stereocenters. The minimum atomic E-state index is -0.156. The van der Waals surface area contributed by atoms with Crippen molar-refractivity contribution in [2.24, 2.45) is 0 Å². The molecular formula is C12H18N4O2. The molecule has 0 atom stereocenters. The first kappa shape index (κ1) is 14.0. The number of anilines is 1. The van der Waals surface area contributed by atoms with Crippen LogP contribution >= 0.6 is 0 Å². The zero-order chi connectivity index (χ0) is 13.4. The van der Waals surface area contributed by atoms with Gasteiger partial charge in [-0.1, -0.05) is 0 Å². The average molecular weight is 250 g/mol.